The zero-order chi connectivity index (χ0) is 22.0. The average molecular weight is 416 g/mol. The number of rotatable bonds is 6. The Hall–Kier alpha value is -3.75. The molecule has 158 valence electrons. The number of aromatic nitrogens is 7. The first kappa shape index (κ1) is 20.5. The van der Waals surface area contributed by atoms with E-state index in [9.17, 15) is 0 Å². The average Bonchev–Trinajstić information content (AvgIpc) is 3.30. The highest BCUT2D eigenvalue weighted by Gasteiger charge is 2.38. The fourth-order valence-electron chi connectivity index (χ4n) is 3.25. The van der Waals surface area contributed by atoms with Gasteiger partial charge >= 0.3 is 0 Å². The Bertz CT molecular complexity index is 1150. The lowest BCUT2D eigenvalue weighted by Crippen LogP contribution is -2.31. The number of pyridine rings is 1. The Morgan fingerprint density at radius 3 is 2.26 bits per heavy atom. The molecule has 1 unspecified atom stereocenters. The van der Waals surface area contributed by atoms with Crippen molar-refractivity contribution in [3.05, 3.63) is 60.2 Å². The Balaban J connectivity index is 1.67. The Kier molecular flexibility index (Phi) is 5.41. The largest absolute Gasteiger partial charge is 0.368 e. The standard InChI is InChI=1S/C22H24N8O/c1-5-16-11-26-18(12-24-16)19-29-20(30-31-19)22(4,13(2)3)15-6-7-17(25-10-15)14-8-27-21(23)28-9-14/h6-13H,5H2,1-4H3,(H2,23,27,28). The summed E-state index contributed by atoms with van der Waals surface area (Å²) in [5.41, 5.74) is 9.05. The fourth-order valence-corrected chi connectivity index (χ4v) is 3.25. The van der Waals surface area contributed by atoms with Crippen LogP contribution in [0.15, 0.2) is 47.6 Å². The summed E-state index contributed by atoms with van der Waals surface area (Å²) in [7, 11) is 0. The van der Waals surface area contributed by atoms with E-state index in [0.717, 1.165) is 28.9 Å². The molecule has 0 aliphatic heterocycles. The molecule has 0 fully saturated rings. The van der Waals surface area contributed by atoms with Gasteiger partial charge in [0.15, 0.2) is 5.82 Å². The van der Waals surface area contributed by atoms with Crippen molar-refractivity contribution in [1.82, 2.24) is 35.1 Å². The normalized spacial score (nSPS) is 13.3. The molecular weight excluding hydrogens is 392 g/mol. The summed E-state index contributed by atoms with van der Waals surface area (Å²) in [6.07, 6.45) is 9.35. The van der Waals surface area contributed by atoms with E-state index in [-0.39, 0.29) is 11.9 Å². The van der Waals surface area contributed by atoms with Gasteiger partial charge in [-0.05, 0) is 30.9 Å². The van der Waals surface area contributed by atoms with Crippen LogP contribution < -0.4 is 5.73 Å². The maximum absolute atomic E-state index is 5.57. The first-order valence-corrected chi connectivity index (χ1v) is 10.1. The minimum atomic E-state index is -0.512. The lowest BCUT2D eigenvalue weighted by atomic mass is 9.73. The van der Waals surface area contributed by atoms with Crippen LogP contribution in [0.5, 0.6) is 0 Å². The molecule has 0 spiro atoms. The number of hydrogen-bond acceptors (Lipinski definition) is 9. The number of nitrogens with zero attached hydrogens (tertiary/aromatic N) is 7. The van der Waals surface area contributed by atoms with E-state index in [1.165, 1.54) is 0 Å². The Morgan fingerprint density at radius 1 is 0.935 bits per heavy atom. The van der Waals surface area contributed by atoms with Crippen molar-refractivity contribution in [3.63, 3.8) is 0 Å². The number of nitrogen functional groups attached to an aromatic ring is 1. The van der Waals surface area contributed by atoms with Gasteiger partial charge < -0.3 is 10.3 Å². The zero-order valence-corrected chi connectivity index (χ0v) is 17.9. The van der Waals surface area contributed by atoms with Crippen LogP contribution in [0.4, 0.5) is 5.95 Å². The van der Waals surface area contributed by atoms with E-state index in [0.29, 0.717) is 17.4 Å². The summed E-state index contributed by atoms with van der Waals surface area (Å²) < 4.78 is 5.53. The molecule has 0 radical (unpaired) electrons. The van der Waals surface area contributed by atoms with Crippen molar-refractivity contribution in [2.24, 2.45) is 5.92 Å². The maximum atomic E-state index is 5.57. The van der Waals surface area contributed by atoms with Crippen LogP contribution in [0.2, 0.25) is 0 Å². The van der Waals surface area contributed by atoms with Gasteiger partial charge in [0.25, 0.3) is 5.89 Å². The highest BCUT2D eigenvalue weighted by atomic mass is 16.5. The molecule has 0 aliphatic carbocycles. The molecule has 0 saturated carbocycles. The van der Waals surface area contributed by atoms with Crippen LogP contribution in [0.3, 0.4) is 0 Å². The van der Waals surface area contributed by atoms with Crippen molar-refractivity contribution >= 4 is 5.95 Å². The second-order valence-corrected chi connectivity index (χ2v) is 7.79. The van der Waals surface area contributed by atoms with Crippen LogP contribution in [-0.4, -0.2) is 35.1 Å². The molecule has 1 atom stereocenters. The molecule has 9 heteroatoms. The molecule has 4 aromatic heterocycles. The summed E-state index contributed by atoms with van der Waals surface area (Å²) in [5, 5.41) is 4.28. The predicted molar refractivity (Wildman–Crippen MR) is 116 cm³/mol. The molecule has 0 aromatic carbocycles. The van der Waals surface area contributed by atoms with Gasteiger partial charge in [0, 0.05) is 30.4 Å². The molecule has 4 rings (SSSR count). The number of aryl methyl sites for hydroxylation is 1. The minimum absolute atomic E-state index is 0.180. The van der Waals surface area contributed by atoms with Crippen LogP contribution >= 0.6 is 0 Å². The summed E-state index contributed by atoms with van der Waals surface area (Å²) >= 11 is 0. The molecule has 9 nitrogen and oxygen atoms in total. The lowest BCUT2D eigenvalue weighted by molar-refractivity contribution is 0.350. The first-order valence-electron chi connectivity index (χ1n) is 10.1. The van der Waals surface area contributed by atoms with Crippen LogP contribution in [0.25, 0.3) is 22.8 Å². The van der Waals surface area contributed by atoms with E-state index in [1.54, 1.807) is 24.8 Å². The first-order chi connectivity index (χ1) is 14.9. The van der Waals surface area contributed by atoms with Gasteiger partial charge in [-0.25, -0.2) is 15.0 Å². The molecule has 0 aliphatic rings. The van der Waals surface area contributed by atoms with Crippen LogP contribution in [-0.2, 0) is 11.8 Å². The van der Waals surface area contributed by atoms with Crippen molar-refractivity contribution < 1.29 is 4.52 Å². The van der Waals surface area contributed by atoms with Crippen molar-refractivity contribution in [3.8, 4) is 22.8 Å². The molecule has 0 amide bonds. The summed E-state index contributed by atoms with van der Waals surface area (Å²) in [6, 6.07) is 3.95. The van der Waals surface area contributed by atoms with Crippen molar-refractivity contribution in [2.75, 3.05) is 5.73 Å². The number of hydrogen-bond donors (Lipinski definition) is 1. The van der Waals surface area contributed by atoms with Gasteiger partial charge in [-0.3, -0.25) is 9.97 Å². The van der Waals surface area contributed by atoms with Crippen molar-refractivity contribution in [1.29, 1.82) is 0 Å². The summed E-state index contributed by atoms with van der Waals surface area (Å²) in [6.45, 7) is 8.35. The number of nitrogens with two attached hydrogens (primary N) is 1. The molecule has 31 heavy (non-hydrogen) atoms. The highest BCUT2D eigenvalue weighted by molar-refractivity contribution is 5.57. The predicted octanol–water partition coefficient (Wildman–Crippen LogP) is 3.49. The number of anilines is 1. The molecule has 0 saturated heterocycles. The Labute approximate surface area is 180 Å². The second-order valence-electron chi connectivity index (χ2n) is 7.79. The van der Waals surface area contributed by atoms with E-state index in [4.69, 9.17) is 10.3 Å². The quantitative estimate of drug-likeness (QED) is 0.502. The smallest absolute Gasteiger partial charge is 0.278 e. The maximum Gasteiger partial charge on any atom is 0.278 e. The van der Waals surface area contributed by atoms with Gasteiger partial charge in [-0.15, -0.1) is 0 Å². The lowest BCUT2D eigenvalue weighted by Gasteiger charge is -2.30. The fraction of sp³-hybridized carbons (Fsp3) is 0.318. The molecule has 2 N–H and O–H groups in total. The highest BCUT2D eigenvalue weighted by Crippen LogP contribution is 2.38. The topological polar surface area (TPSA) is 129 Å². The van der Waals surface area contributed by atoms with Gasteiger partial charge in [0.05, 0.1) is 23.0 Å². The summed E-state index contributed by atoms with van der Waals surface area (Å²) in [5.74, 6) is 1.33. The third-order valence-electron chi connectivity index (χ3n) is 5.66. The van der Waals surface area contributed by atoms with Gasteiger partial charge in [0.2, 0.25) is 5.95 Å². The van der Waals surface area contributed by atoms with E-state index in [1.807, 2.05) is 25.3 Å². The zero-order valence-electron chi connectivity index (χ0n) is 17.9. The Morgan fingerprint density at radius 2 is 1.68 bits per heavy atom. The third kappa shape index (κ3) is 3.86. The van der Waals surface area contributed by atoms with E-state index in [2.05, 4.69) is 55.8 Å². The summed E-state index contributed by atoms with van der Waals surface area (Å²) in [4.78, 5) is 26.1. The van der Waals surface area contributed by atoms with Crippen LogP contribution in [0, 0.1) is 5.92 Å². The van der Waals surface area contributed by atoms with Gasteiger partial charge in [0.1, 0.15) is 5.69 Å². The van der Waals surface area contributed by atoms with Crippen molar-refractivity contribution in [2.45, 2.75) is 39.5 Å². The minimum Gasteiger partial charge on any atom is -0.368 e. The van der Waals surface area contributed by atoms with Gasteiger partial charge in [-0.1, -0.05) is 32.0 Å². The van der Waals surface area contributed by atoms with Crippen LogP contribution in [0.1, 0.15) is 44.8 Å². The molecule has 4 heterocycles. The monoisotopic (exact) mass is 416 g/mol. The van der Waals surface area contributed by atoms with E-state index < -0.39 is 5.41 Å². The molecule has 0 bridgehead atoms. The van der Waals surface area contributed by atoms with E-state index >= 15 is 0 Å². The molecular formula is C22H24N8O. The third-order valence-corrected chi connectivity index (χ3v) is 5.66. The SMILES string of the molecule is CCc1cnc(-c2nc(C(C)(c3ccc(-c4cnc(N)nc4)nc3)C(C)C)no2)cn1. The molecule has 4 aromatic rings. The second kappa shape index (κ2) is 8.17. The van der Waals surface area contributed by atoms with Gasteiger partial charge in [-0.2, -0.15) is 4.98 Å².